The number of hydrogen-bond acceptors (Lipinski definition) is 5. The summed E-state index contributed by atoms with van der Waals surface area (Å²) >= 11 is 0. The van der Waals surface area contributed by atoms with Crippen molar-refractivity contribution >= 4 is 22.6 Å². The van der Waals surface area contributed by atoms with Gasteiger partial charge in [0, 0.05) is 16.7 Å². The average Bonchev–Trinajstić information content (AvgIpc) is 3.28. The molecule has 0 bridgehead atoms. The third-order valence-corrected chi connectivity index (χ3v) is 7.14. The molecule has 0 unspecified atom stereocenters. The SMILES string of the molecule is C[C@]1(C(N)=O)COc2c1cc([C@@](O)(CNC(=O)c1ccc3ccccc3c1)C(F)(F)F)nc2-c1ccc(F)cc1. The van der Waals surface area contributed by atoms with Gasteiger partial charge >= 0.3 is 6.18 Å². The molecule has 1 aliphatic rings. The highest BCUT2D eigenvalue weighted by Crippen LogP contribution is 2.47. The first kappa shape index (κ1) is 27.1. The highest BCUT2D eigenvalue weighted by molar-refractivity contribution is 5.98. The van der Waals surface area contributed by atoms with Crippen molar-refractivity contribution in [1.82, 2.24) is 10.3 Å². The molecule has 0 saturated heterocycles. The molecule has 2 heterocycles. The molecule has 0 radical (unpaired) electrons. The lowest BCUT2D eigenvalue weighted by molar-refractivity contribution is -0.265. The minimum Gasteiger partial charge on any atom is -0.489 e. The number of amides is 2. The minimum absolute atomic E-state index is 0.0126. The number of ether oxygens (including phenoxy) is 1. The van der Waals surface area contributed by atoms with Crippen LogP contribution in [0.4, 0.5) is 17.6 Å². The molecule has 40 heavy (non-hydrogen) atoms. The standard InChI is InChI=1S/C29H23F4N3O4/c1-27(26(34)38)15-40-24-21(27)13-22(36-23(24)17-8-10-20(30)11-9-17)28(39,29(31,32)33)14-35-25(37)19-7-6-16-4-2-3-5-18(16)12-19/h2-13,39H,14-15H2,1H3,(H2,34,38)(H,35,37)/t27-,28-/m0/s1. The van der Waals surface area contributed by atoms with Crippen LogP contribution in [-0.4, -0.2) is 41.2 Å². The van der Waals surface area contributed by atoms with Crippen molar-refractivity contribution in [2.24, 2.45) is 5.73 Å². The first-order valence-corrected chi connectivity index (χ1v) is 12.1. The van der Waals surface area contributed by atoms with Gasteiger partial charge in [-0.3, -0.25) is 9.59 Å². The number of carbonyl (C=O) groups is 2. The number of pyridine rings is 1. The van der Waals surface area contributed by atoms with Crippen molar-refractivity contribution in [2.45, 2.75) is 24.1 Å². The van der Waals surface area contributed by atoms with Gasteiger partial charge in [-0.2, -0.15) is 13.2 Å². The van der Waals surface area contributed by atoms with Crippen LogP contribution in [0.3, 0.4) is 0 Å². The Labute approximate surface area is 225 Å². The molecule has 0 fully saturated rings. The van der Waals surface area contributed by atoms with Crippen LogP contribution >= 0.6 is 0 Å². The number of aromatic nitrogens is 1. The van der Waals surface area contributed by atoms with Crippen molar-refractivity contribution in [3.8, 4) is 17.0 Å². The van der Waals surface area contributed by atoms with Gasteiger partial charge < -0.3 is 20.9 Å². The second-order valence-corrected chi connectivity index (χ2v) is 9.83. The maximum atomic E-state index is 14.5. The molecule has 4 N–H and O–H groups in total. The van der Waals surface area contributed by atoms with E-state index in [9.17, 15) is 32.3 Å². The summed E-state index contributed by atoms with van der Waals surface area (Å²) in [5.74, 6) is -2.32. The monoisotopic (exact) mass is 553 g/mol. The van der Waals surface area contributed by atoms with Crippen LogP contribution in [-0.2, 0) is 15.8 Å². The van der Waals surface area contributed by atoms with Crippen molar-refractivity contribution in [2.75, 3.05) is 13.2 Å². The number of hydrogen-bond donors (Lipinski definition) is 3. The van der Waals surface area contributed by atoms with Crippen molar-refractivity contribution in [3.63, 3.8) is 0 Å². The van der Waals surface area contributed by atoms with Crippen LogP contribution in [0.5, 0.6) is 5.75 Å². The fraction of sp³-hybridized carbons (Fsp3) is 0.207. The lowest BCUT2D eigenvalue weighted by Gasteiger charge is -2.31. The van der Waals surface area contributed by atoms with Crippen LogP contribution in [0.1, 0.15) is 28.5 Å². The number of rotatable bonds is 6. The Morgan fingerprint density at radius 3 is 2.38 bits per heavy atom. The molecule has 0 aliphatic carbocycles. The van der Waals surface area contributed by atoms with Gasteiger partial charge in [-0.25, -0.2) is 9.37 Å². The molecule has 11 heteroatoms. The van der Waals surface area contributed by atoms with Crippen LogP contribution in [0.2, 0.25) is 0 Å². The molecular formula is C29H23F4N3O4. The molecule has 0 spiro atoms. The number of primary amides is 1. The predicted molar refractivity (Wildman–Crippen MR) is 138 cm³/mol. The summed E-state index contributed by atoms with van der Waals surface area (Å²) in [6, 6.07) is 17.4. The quantitative estimate of drug-likeness (QED) is 0.307. The first-order valence-electron chi connectivity index (χ1n) is 12.1. The van der Waals surface area contributed by atoms with Crippen molar-refractivity contribution < 1.29 is 37.0 Å². The van der Waals surface area contributed by atoms with Gasteiger partial charge in [0.1, 0.15) is 29.3 Å². The maximum Gasteiger partial charge on any atom is 0.424 e. The number of alkyl halides is 3. The number of carbonyl (C=O) groups excluding carboxylic acids is 2. The topological polar surface area (TPSA) is 115 Å². The van der Waals surface area contributed by atoms with E-state index in [1.54, 1.807) is 18.2 Å². The molecule has 1 aliphatic heterocycles. The van der Waals surface area contributed by atoms with Gasteiger partial charge in [-0.15, -0.1) is 0 Å². The number of benzene rings is 3. The van der Waals surface area contributed by atoms with Crippen LogP contribution in [0.25, 0.3) is 22.0 Å². The normalized spacial score (nSPS) is 18.1. The first-order chi connectivity index (χ1) is 18.8. The van der Waals surface area contributed by atoms with Crippen molar-refractivity contribution in [1.29, 1.82) is 0 Å². The van der Waals surface area contributed by atoms with Gasteiger partial charge in [-0.1, -0.05) is 30.3 Å². The zero-order chi connectivity index (χ0) is 28.9. The zero-order valence-electron chi connectivity index (χ0n) is 21.1. The molecule has 1 aromatic heterocycles. The summed E-state index contributed by atoms with van der Waals surface area (Å²) in [6.07, 6.45) is -5.31. The zero-order valence-corrected chi connectivity index (χ0v) is 21.1. The predicted octanol–water partition coefficient (Wildman–Crippen LogP) is 4.36. The highest BCUT2D eigenvalue weighted by Gasteiger charge is 2.57. The highest BCUT2D eigenvalue weighted by atomic mass is 19.4. The Kier molecular flexibility index (Phi) is 6.49. The maximum absolute atomic E-state index is 14.5. The second kappa shape index (κ2) is 9.60. The summed E-state index contributed by atoms with van der Waals surface area (Å²) < 4.78 is 62.8. The van der Waals surface area contributed by atoms with Crippen LogP contribution < -0.4 is 15.8 Å². The van der Waals surface area contributed by atoms with E-state index in [4.69, 9.17) is 10.5 Å². The van der Waals surface area contributed by atoms with E-state index in [1.165, 1.54) is 31.2 Å². The Bertz CT molecular complexity index is 1640. The lowest BCUT2D eigenvalue weighted by Crippen LogP contribution is -2.51. The summed E-state index contributed by atoms with van der Waals surface area (Å²) in [6.45, 7) is -0.168. The smallest absolute Gasteiger partial charge is 0.424 e. The van der Waals surface area contributed by atoms with E-state index < -0.39 is 47.1 Å². The Balaban J connectivity index is 1.58. The third-order valence-electron chi connectivity index (χ3n) is 7.14. The largest absolute Gasteiger partial charge is 0.489 e. The number of nitrogens with zero attached hydrogens (tertiary/aromatic N) is 1. The molecule has 7 nitrogen and oxygen atoms in total. The molecule has 4 aromatic rings. The lowest BCUT2D eigenvalue weighted by atomic mass is 9.81. The van der Waals surface area contributed by atoms with Crippen LogP contribution in [0, 0.1) is 5.82 Å². The van der Waals surface area contributed by atoms with E-state index in [1.807, 2.05) is 12.1 Å². The Hall–Kier alpha value is -4.51. The number of nitrogens with two attached hydrogens (primary N) is 1. The van der Waals surface area contributed by atoms with Gasteiger partial charge in [0.15, 0.2) is 0 Å². The van der Waals surface area contributed by atoms with Gasteiger partial charge in [-0.05, 0) is 60.2 Å². The summed E-state index contributed by atoms with van der Waals surface area (Å²) in [5.41, 5.74) is -0.441. The second-order valence-electron chi connectivity index (χ2n) is 9.83. The molecular weight excluding hydrogens is 530 g/mol. The number of nitrogens with one attached hydrogen (secondary N) is 1. The van der Waals surface area contributed by atoms with E-state index >= 15 is 0 Å². The summed E-state index contributed by atoms with van der Waals surface area (Å²) in [7, 11) is 0. The van der Waals surface area contributed by atoms with Gasteiger partial charge in [0.2, 0.25) is 11.5 Å². The fourth-order valence-corrected chi connectivity index (χ4v) is 4.58. The minimum atomic E-state index is -5.31. The molecule has 0 saturated carbocycles. The van der Waals surface area contributed by atoms with Gasteiger partial charge in [0.25, 0.3) is 5.91 Å². The number of aliphatic hydroxyl groups is 1. The fourth-order valence-electron chi connectivity index (χ4n) is 4.58. The van der Waals surface area contributed by atoms with Crippen molar-refractivity contribution in [3.05, 3.63) is 95.4 Å². The van der Waals surface area contributed by atoms with Crippen LogP contribution in [0.15, 0.2) is 72.8 Å². The number of halogens is 4. The summed E-state index contributed by atoms with van der Waals surface area (Å²) in [4.78, 5) is 29.3. The Morgan fingerprint density at radius 1 is 1.05 bits per heavy atom. The van der Waals surface area contributed by atoms with E-state index in [0.29, 0.717) is 5.39 Å². The third kappa shape index (κ3) is 4.51. The molecule has 2 amide bonds. The average molecular weight is 554 g/mol. The molecule has 2 atom stereocenters. The Morgan fingerprint density at radius 2 is 1.73 bits per heavy atom. The number of fused-ring (bicyclic) bond motifs is 2. The molecule has 206 valence electrons. The van der Waals surface area contributed by atoms with E-state index in [2.05, 4.69) is 10.3 Å². The molecule has 5 rings (SSSR count). The van der Waals surface area contributed by atoms with Gasteiger partial charge in [0.05, 0.1) is 12.2 Å². The van der Waals surface area contributed by atoms with E-state index in [-0.39, 0.29) is 34.7 Å². The molecule has 3 aromatic carbocycles. The summed E-state index contributed by atoms with van der Waals surface area (Å²) in [5, 5.41) is 14.8. The van der Waals surface area contributed by atoms with E-state index in [0.717, 1.165) is 23.6 Å².